The molecule has 0 saturated heterocycles. The fourth-order valence-electron chi connectivity index (χ4n) is 1.32. The predicted molar refractivity (Wildman–Crippen MR) is 53.5 cm³/mol. The van der Waals surface area contributed by atoms with Crippen molar-refractivity contribution in [1.82, 2.24) is 15.0 Å². The number of rotatable bonds is 3. The Bertz CT molecular complexity index is 368. The Kier molecular flexibility index (Phi) is 2.55. The largest absolute Gasteiger partial charge is 0.347 e. The summed E-state index contributed by atoms with van der Waals surface area (Å²) in [5, 5.41) is 0. The molecule has 0 radical (unpaired) electrons. The molecule has 4 nitrogen and oxygen atoms in total. The predicted octanol–water partition coefficient (Wildman–Crippen LogP) is 1.05. The van der Waals surface area contributed by atoms with Crippen molar-refractivity contribution in [2.75, 3.05) is 0 Å². The molecule has 2 aromatic heterocycles. The molecular weight excluding hydrogens is 176 g/mol. The summed E-state index contributed by atoms with van der Waals surface area (Å²) in [5.41, 5.74) is 7.90. The van der Waals surface area contributed by atoms with Gasteiger partial charge >= 0.3 is 0 Å². The van der Waals surface area contributed by atoms with E-state index in [0.29, 0.717) is 0 Å². The number of aromatic amines is 1. The number of nitrogens with one attached hydrogen (secondary N) is 1. The molecule has 0 spiro atoms. The summed E-state index contributed by atoms with van der Waals surface area (Å²) in [6, 6.07) is 5.76. The molecule has 0 aromatic carbocycles. The molecule has 2 aromatic rings. The van der Waals surface area contributed by atoms with E-state index in [1.165, 1.54) is 0 Å². The standard InChI is InChI=1S/C10H12N4/c11-9(10-6-12-7-14-10)5-8-3-1-2-4-13-8/h1-4,6-7,9H,5,11H2,(H,12,14). The van der Waals surface area contributed by atoms with Crippen molar-refractivity contribution in [3.8, 4) is 0 Å². The van der Waals surface area contributed by atoms with Crippen LogP contribution in [0, 0.1) is 0 Å². The third-order valence-corrected chi connectivity index (χ3v) is 2.07. The summed E-state index contributed by atoms with van der Waals surface area (Å²) in [6.45, 7) is 0. The minimum atomic E-state index is -0.0626. The van der Waals surface area contributed by atoms with Crippen molar-refractivity contribution in [1.29, 1.82) is 0 Å². The van der Waals surface area contributed by atoms with Crippen LogP contribution in [0.2, 0.25) is 0 Å². The zero-order chi connectivity index (χ0) is 9.80. The molecule has 0 saturated carbocycles. The molecule has 0 amide bonds. The topological polar surface area (TPSA) is 67.6 Å². The van der Waals surface area contributed by atoms with Crippen molar-refractivity contribution in [3.05, 3.63) is 48.3 Å². The molecule has 2 heterocycles. The minimum Gasteiger partial charge on any atom is -0.347 e. The average molecular weight is 188 g/mol. The van der Waals surface area contributed by atoms with Gasteiger partial charge in [-0.1, -0.05) is 6.07 Å². The third kappa shape index (κ3) is 1.97. The van der Waals surface area contributed by atoms with E-state index in [1.807, 2.05) is 18.2 Å². The van der Waals surface area contributed by atoms with Gasteiger partial charge < -0.3 is 10.7 Å². The number of hydrogen-bond donors (Lipinski definition) is 2. The summed E-state index contributed by atoms with van der Waals surface area (Å²) in [6.07, 6.45) is 5.87. The van der Waals surface area contributed by atoms with Gasteiger partial charge in [0.05, 0.1) is 18.1 Å². The molecule has 2 rings (SSSR count). The second-order valence-corrected chi connectivity index (χ2v) is 3.14. The van der Waals surface area contributed by atoms with E-state index >= 15 is 0 Å². The Morgan fingerprint density at radius 1 is 1.43 bits per heavy atom. The fraction of sp³-hybridized carbons (Fsp3) is 0.200. The molecule has 0 bridgehead atoms. The minimum absolute atomic E-state index is 0.0626. The van der Waals surface area contributed by atoms with E-state index in [0.717, 1.165) is 17.8 Å². The number of aromatic nitrogens is 3. The monoisotopic (exact) mass is 188 g/mol. The Balaban J connectivity index is 2.06. The van der Waals surface area contributed by atoms with Gasteiger partial charge in [0, 0.05) is 24.5 Å². The zero-order valence-corrected chi connectivity index (χ0v) is 7.72. The van der Waals surface area contributed by atoms with Gasteiger partial charge in [0.1, 0.15) is 0 Å². The number of nitrogens with zero attached hydrogens (tertiary/aromatic N) is 2. The van der Waals surface area contributed by atoms with Crippen LogP contribution in [-0.2, 0) is 6.42 Å². The first kappa shape index (κ1) is 8.90. The summed E-state index contributed by atoms with van der Waals surface area (Å²) in [7, 11) is 0. The third-order valence-electron chi connectivity index (χ3n) is 2.07. The van der Waals surface area contributed by atoms with Gasteiger partial charge in [0.2, 0.25) is 0 Å². The molecule has 4 heteroatoms. The number of pyridine rings is 1. The lowest BCUT2D eigenvalue weighted by atomic mass is 10.1. The van der Waals surface area contributed by atoms with Crippen LogP contribution in [0.25, 0.3) is 0 Å². The Labute approximate surface area is 82.2 Å². The van der Waals surface area contributed by atoms with Crippen molar-refractivity contribution < 1.29 is 0 Å². The molecule has 0 aliphatic carbocycles. The van der Waals surface area contributed by atoms with Gasteiger partial charge in [-0.3, -0.25) is 4.98 Å². The first-order valence-corrected chi connectivity index (χ1v) is 4.50. The zero-order valence-electron chi connectivity index (χ0n) is 7.72. The molecule has 0 aliphatic heterocycles. The molecule has 3 N–H and O–H groups in total. The van der Waals surface area contributed by atoms with Gasteiger partial charge in [-0.15, -0.1) is 0 Å². The SMILES string of the molecule is NC(Cc1ccccn1)c1cnc[nH]1. The number of nitrogens with two attached hydrogens (primary N) is 1. The molecule has 72 valence electrons. The maximum Gasteiger partial charge on any atom is 0.0922 e. The highest BCUT2D eigenvalue weighted by Crippen LogP contribution is 2.10. The normalized spacial score (nSPS) is 12.6. The van der Waals surface area contributed by atoms with Crippen LogP contribution < -0.4 is 5.73 Å². The quantitative estimate of drug-likeness (QED) is 0.756. The number of H-pyrrole nitrogens is 1. The molecule has 14 heavy (non-hydrogen) atoms. The second kappa shape index (κ2) is 4.02. The molecule has 1 unspecified atom stereocenters. The first-order chi connectivity index (χ1) is 6.86. The highest BCUT2D eigenvalue weighted by Gasteiger charge is 2.08. The molecule has 0 aliphatic rings. The van der Waals surface area contributed by atoms with Crippen LogP contribution in [0.15, 0.2) is 36.9 Å². The van der Waals surface area contributed by atoms with Crippen LogP contribution in [0.3, 0.4) is 0 Å². The van der Waals surface area contributed by atoms with Crippen LogP contribution in [0.5, 0.6) is 0 Å². The van der Waals surface area contributed by atoms with E-state index < -0.39 is 0 Å². The van der Waals surface area contributed by atoms with Crippen LogP contribution in [0.4, 0.5) is 0 Å². The molecule has 0 fully saturated rings. The Morgan fingerprint density at radius 2 is 2.36 bits per heavy atom. The van der Waals surface area contributed by atoms with Crippen molar-refractivity contribution in [2.24, 2.45) is 5.73 Å². The second-order valence-electron chi connectivity index (χ2n) is 3.14. The lowest BCUT2D eigenvalue weighted by Gasteiger charge is -2.07. The molecule has 1 atom stereocenters. The van der Waals surface area contributed by atoms with Crippen LogP contribution >= 0.6 is 0 Å². The maximum absolute atomic E-state index is 5.96. The van der Waals surface area contributed by atoms with Gasteiger partial charge in [-0.25, -0.2) is 4.98 Å². The maximum atomic E-state index is 5.96. The van der Waals surface area contributed by atoms with Gasteiger partial charge in [-0.05, 0) is 12.1 Å². The number of imidazole rings is 1. The lowest BCUT2D eigenvalue weighted by molar-refractivity contribution is 0.688. The van der Waals surface area contributed by atoms with Crippen molar-refractivity contribution >= 4 is 0 Å². The average Bonchev–Trinajstić information content (AvgIpc) is 2.72. The Hall–Kier alpha value is -1.68. The smallest absolute Gasteiger partial charge is 0.0922 e. The fourth-order valence-corrected chi connectivity index (χ4v) is 1.32. The van der Waals surface area contributed by atoms with E-state index in [1.54, 1.807) is 18.7 Å². The van der Waals surface area contributed by atoms with Crippen LogP contribution in [0.1, 0.15) is 17.4 Å². The summed E-state index contributed by atoms with van der Waals surface area (Å²) < 4.78 is 0. The van der Waals surface area contributed by atoms with E-state index in [-0.39, 0.29) is 6.04 Å². The lowest BCUT2D eigenvalue weighted by Crippen LogP contribution is -2.14. The van der Waals surface area contributed by atoms with Gasteiger partial charge in [-0.2, -0.15) is 0 Å². The summed E-state index contributed by atoms with van der Waals surface area (Å²) in [4.78, 5) is 11.1. The van der Waals surface area contributed by atoms with Crippen LogP contribution in [-0.4, -0.2) is 15.0 Å². The summed E-state index contributed by atoms with van der Waals surface area (Å²) in [5.74, 6) is 0. The number of hydrogen-bond acceptors (Lipinski definition) is 3. The van der Waals surface area contributed by atoms with E-state index in [2.05, 4.69) is 15.0 Å². The van der Waals surface area contributed by atoms with Crippen molar-refractivity contribution in [3.63, 3.8) is 0 Å². The van der Waals surface area contributed by atoms with Crippen molar-refractivity contribution in [2.45, 2.75) is 12.5 Å². The van der Waals surface area contributed by atoms with Gasteiger partial charge in [0.15, 0.2) is 0 Å². The van der Waals surface area contributed by atoms with Gasteiger partial charge in [0.25, 0.3) is 0 Å². The van der Waals surface area contributed by atoms with E-state index in [9.17, 15) is 0 Å². The highest BCUT2D eigenvalue weighted by molar-refractivity contribution is 5.10. The summed E-state index contributed by atoms with van der Waals surface area (Å²) >= 11 is 0. The Morgan fingerprint density at radius 3 is 3.00 bits per heavy atom. The van der Waals surface area contributed by atoms with E-state index in [4.69, 9.17) is 5.73 Å². The molecular formula is C10H12N4. The highest BCUT2D eigenvalue weighted by atomic mass is 14.9. The first-order valence-electron chi connectivity index (χ1n) is 4.50.